The maximum Gasteiger partial charge on any atom is 0.228 e. The summed E-state index contributed by atoms with van der Waals surface area (Å²) >= 11 is 0. The molecule has 0 bridgehead atoms. The first-order valence-corrected chi connectivity index (χ1v) is 8.04. The molecule has 6 heteroatoms. The Morgan fingerprint density at radius 1 is 1.33 bits per heavy atom. The molecule has 116 valence electrons. The Morgan fingerprint density at radius 2 is 2.14 bits per heavy atom. The van der Waals surface area contributed by atoms with Crippen molar-refractivity contribution in [2.24, 2.45) is 5.92 Å². The first-order valence-electron chi connectivity index (χ1n) is 8.04. The SMILES string of the molecule is CC[C@@H]1OCCC[C@@H]1C(=O)N1CCC(n2cncn2)CC1. The molecular weight excluding hydrogens is 268 g/mol. The summed E-state index contributed by atoms with van der Waals surface area (Å²) in [5, 5.41) is 4.21. The van der Waals surface area contributed by atoms with Gasteiger partial charge >= 0.3 is 0 Å². The van der Waals surface area contributed by atoms with Crippen molar-refractivity contribution in [3.05, 3.63) is 12.7 Å². The second kappa shape index (κ2) is 6.56. The number of likely N-dealkylation sites (tertiary alicyclic amines) is 1. The lowest BCUT2D eigenvalue weighted by Gasteiger charge is -2.37. The molecule has 1 aromatic heterocycles. The minimum absolute atomic E-state index is 0.0617. The first kappa shape index (κ1) is 14.5. The smallest absolute Gasteiger partial charge is 0.228 e. The first-order chi connectivity index (χ1) is 10.3. The molecule has 0 N–H and O–H groups in total. The van der Waals surface area contributed by atoms with E-state index in [1.54, 1.807) is 12.7 Å². The van der Waals surface area contributed by atoms with Gasteiger partial charge in [-0.05, 0) is 32.1 Å². The fourth-order valence-electron chi connectivity index (χ4n) is 3.52. The Morgan fingerprint density at radius 3 is 2.81 bits per heavy atom. The molecule has 0 saturated carbocycles. The normalized spacial score (nSPS) is 27.8. The van der Waals surface area contributed by atoms with E-state index in [-0.39, 0.29) is 12.0 Å². The number of carbonyl (C=O) groups excluding carboxylic acids is 1. The van der Waals surface area contributed by atoms with Crippen LogP contribution in [0.5, 0.6) is 0 Å². The van der Waals surface area contributed by atoms with Crippen molar-refractivity contribution in [1.29, 1.82) is 0 Å². The zero-order chi connectivity index (χ0) is 14.7. The van der Waals surface area contributed by atoms with Gasteiger partial charge in [0.2, 0.25) is 5.91 Å². The van der Waals surface area contributed by atoms with E-state index in [9.17, 15) is 4.79 Å². The highest BCUT2D eigenvalue weighted by atomic mass is 16.5. The average Bonchev–Trinajstić information content (AvgIpc) is 3.09. The number of aromatic nitrogens is 3. The Labute approximate surface area is 125 Å². The van der Waals surface area contributed by atoms with Crippen LogP contribution in [0.3, 0.4) is 0 Å². The summed E-state index contributed by atoms with van der Waals surface area (Å²) in [6.07, 6.45) is 8.26. The Hall–Kier alpha value is -1.43. The molecule has 3 heterocycles. The number of hydrogen-bond donors (Lipinski definition) is 0. The summed E-state index contributed by atoms with van der Waals surface area (Å²) in [4.78, 5) is 18.8. The van der Waals surface area contributed by atoms with Gasteiger partial charge in [0.05, 0.1) is 18.1 Å². The van der Waals surface area contributed by atoms with Gasteiger partial charge in [-0.15, -0.1) is 0 Å². The second-order valence-corrected chi connectivity index (χ2v) is 6.00. The van der Waals surface area contributed by atoms with Crippen LogP contribution in [0, 0.1) is 5.92 Å². The molecule has 2 saturated heterocycles. The van der Waals surface area contributed by atoms with Crippen LogP contribution in [0.4, 0.5) is 0 Å². The number of carbonyl (C=O) groups is 1. The van der Waals surface area contributed by atoms with E-state index in [1.165, 1.54) is 0 Å². The zero-order valence-corrected chi connectivity index (χ0v) is 12.6. The van der Waals surface area contributed by atoms with Gasteiger partial charge in [-0.1, -0.05) is 6.92 Å². The fourth-order valence-corrected chi connectivity index (χ4v) is 3.52. The van der Waals surface area contributed by atoms with Crippen LogP contribution in [0.2, 0.25) is 0 Å². The highest BCUT2D eigenvalue weighted by molar-refractivity contribution is 5.79. The van der Waals surface area contributed by atoms with E-state index in [2.05, 4.69) is 17.0 Å². The van der Waals surface area contributed by atoms with Crippen LogP contribution >= 0.6 is 0 Å². The third-order valence-corrected chi connectivity index (χ3v) is 4.75. The summed E-state index contributed by atoms with van der Waals surface area (Å²) in [6, 6.07) is 0.376. The van der Waals surface area contributed by atoms with Crippen LogP contribution in [0.15, 0.2) is 12.7 Å². The van der Waals surface area contributed by atoms with Gasteiger partial charge in [-0.3, -0.25) is 4.79 Å². The molecule has 2 aliphatic rings. The topological polar surface area (TPSA) is 60.2 Å². The van der Waals surface area contributed by atoms with Gasteiger partial charge in [0.1, 0.15) is 12.7 Å². The van der Waals surface area contributed by atoms with Gasteiger partial charge in [-0.25, -0.2) is 9.67 Å². The third-order valence-electron chi connectivity index (χ3n) is 4.75. The lowest BCUT2D eigenvalue weighted by atomic mass is 9.90. The minimum atomic E-state index is 0.0617. The second-order valence-electron chi connectivity index (χ2n) is 6.00. The average molecular weight is 292 g/mol. The maximum absolute atomic E-state index is 12.7. The summed E-state index contributed by atoms with van der Waals surface area (Å²) < 4.78 is 7.68. The Kier molecular flexibility index (Phi) is 4.53. The van der Waals surface area contributed by atoms with Crippen molar-refractivity contribution in [2.75, 3.05) is 19.7 Å². The number of amides is 1. The number of rotatable bonds is 3. The number of nitrogens with zero attached hydrogens (tertiary/aromatic N) is 4. The van der Waals surface area contributed by atoms with E-state index in [4.69, 9.17) is 4.74 Å². The van der Waals surface area contributed by atoms with Gasteiger partial charge in [0.25, 0.3) is 0 Å². The lowest BCUT2D eigenvalue weighted by Crippen LogP contribution is -2.47. The van der Waals surface area contributed by atoms with Gasteiger partial charge < -0.3 is 9.64 Å². The molecule has 0 radical (unpaired) electrons. The highest BCUT2D eigenvalue weighted by Crippen LogP contribution is 2.28. The van der Waals surface area contributed by atoms with E-state index in [1.807, 2.05) is 9.58 Å². The van der Waals surface area contributed by atoms with E-state index in [0.717, 1.165) is 51.8 Å². The van der Waals surface area contributed by atoms with E-state index >= 15 is 0 Å². The van der Waals surface area contributed by atoms with Crippen LogP contribution in [-0.4, -0.2) is 51.4 Å². The van der Waals surface area contributed by atoms with Gasteiger partial charge in [0, 0.05) is 19.7 Å². The zero-order valence-electron chi connectivity index (χ0n) is 12.6. The predicted molar refractivity (Wildman–Crippen MR) is 77.6 cm³/mol. The summed E-state index contributed by atoms with van der Waals surface area (Å²) in [5.41, 5.74) is 0. The van der Waals surface area contributed by atoms with Crippen molar-refractivity contribution >= 4 is 5.91 Å². The predicted octanol–water partition coefficient (Wildman–Crippen LogP) is 1.65. The molecular formula is C15H24N4O2. The standard InChI is InChI=1S/C15H24N4O2/c1-2-14-13(4-3-9-21-14)15(20)18-7-5-12(6-8-18)19-11-16-10-17-19/h10-14H,2-9H2,1H3/t13-,14-/m0/s1. The Bertz CT molecular complexity index is 454. The van der Waals surface area contributed by atoms with Crippen molar-refractivity contribution in [3.63, 3.8) is 0 Å². The molecule has 1 aromatic rings. The number of hydrogen-bond acceptors (Lipinski definition) is 4. The van der Waals surface area contributed by atoms with Gasteiger partial charge in [-0.2, -0.15) is 5.10 Å². The molecule has 0 aliphatic carbocycles. The minimum Gasteiger partial charge on any atom is -0.377 e. The highest BCUT2D eigenvalue weighted by Gasteiger charge is 2.35. The van der Waals surface area contributed by atoms with Gasteiger partial charge in [0.15, 0.2) is 0 Å². The molecule has 3 rings (SSSR count). The number of ether oxygens (including phenoxy) is 1. The van der Waals surface area contributed by atoms with Crippen LogP contribution in [0.25, 0.3) is 0 Å². The molecule has 0 unspecified atom stereocenters. The summed E-state index contributed by atoms with van der Waals surface area (Å²) in [6.45, 7) is 4.54. The van der Waals surface area contributed by atoms with E-state index in [0.29, 0.717) is 11.9 Å². The maximum atomic E-state index is 12.7. The molecule has 0 aromatic carbocycles. The van der Waals surface area contributed by atoms with E-state index < -0.39 is 0 Å². The molecule has 2 fully saturated rings. The molecule has 0 spiro atoms. The molecule has 21 heavy (non-hydrogen) atoms. The monoisotopic (exact) mass is 292 g/mol. The van der Waals surface area contributed by atoms with Crippen LogP contribution < -0.4 is 0 Å². The molecule has 1 amide bonds. The third kappa shape index (κ3) is 3.10. The largest absolute Gasteiger partial charge is 0.377 e. The number of piperidine rings is 1. The quantitative estimate of drug-likeness (QED) is 0.850. The van der Waals surface area contributed by atoms with Crippen molar-refractivity contribution < 1.29 is 9.53 Å². The fraction of sp³-hybridized carbons (Fsp3) is 0.800. The Balaban J connectivity index is 1.57. The van der Waals surface area contributed by atoms with Crippen LogP contribution in [0.1, 0.15) is 45.1 Å². The summed E-state index contributed by atoms with van der Waals surface area (Å²) in [5.74, 6) is 0.352. The van der Waals surface area contributed by atoms with Crippen molar-refractivity contribution in [3.8, 4) is 0 Å². The van der Waals surface area contributed by atoms with Crippen molar-refractivity contribution in [2.45, 2.75) is 51.2 Å². The molecule has 2 atom stereocenters. The van der Waals surface area contributed by atoms with Crippen LogP contribution in [-0.2, 0) is 9.53 Å². The lowest BCUT2D eigenvalue weighted by molar-refractivity contribution is -0.146. The molecule has 6 nitrogen and oxygen atoms in total. The van der Waals surface area contributed by atoms with Crippen molar-refractivity contribution in [1.82, 2.24) is 19.7 Å². The molecule has 2 aliphatic heterocycles. The summed E-state index contributed by atoms with van der Waals surface area (Å²) in [7, 11) is 0.